The van der Waals surface area contributed by atoms with E-state index in [9.17, 15) is 18.8 Å². The summed E-state index contributed by atoms with van der Waals surface area (Å²) < 4.78 is 20.6. The summed E-state index contributed by atoms with van der Waals surface area (Å²) in [5, 5.41) is 6.65. The van der Waals surface area contributed by atoms with Crippen molar-refractivity contribution >= 4 is 5.91 Å². The van der Waals surface area contributed by atoms with Gasteiger partial charge in [-0.3, -0.25) is 19.1 Å². The molecule has 9 nitrogen and oxygen atoms in total. The van der Waals surface area contributed by atoms with Crippen molar-refractivity contribution in [3.63, 3.8) is 0 Å². The molecule has 0 bridgehead atoms. The molecule has 34 heavy (non-hydrogen) atoms. The number of aromatic nitrogens is 4. The molecule has 0 fully saturated rings. The Morgan fingerprint density at radius 2 is 1.85 bits per heavy atom. The number of ether oxygens (including phenoxy) is 1. The van der Waals surface area contributed by atoms with Gasteiger partial charge in [0, 0.05) is 6.20 Å². The average Bonchev–Trinajstić information content (AvgIpc) is 2.86. The van der Waals surface area contributed by atoms with E-state index in [4.69, 9.17) is 4.74 Å². The number of carbonyl (C=O) groups excluding carboxylic acids is 1. The Balaban J connectivity index is 1.78. The number of amides is 1. The van der Waals surface area contributed by atoms with E-state index >= 15 is 0 Å². The second-order valence-corrected chi connectivity index (χ2v) is 7.27. The first-order chi connectivity index (χ1) is 16.5. The lowest BCUT2D eigenvalue weighted by Gasteiger charge is -2.13. The van der Waals surface area contributed by atoms with Crippen molar-refractivity contribution in [1.29, 1.82) is 0 Å². The summed E-state index contributed by atoms with van der Waals surface area (Å²) >= 11 is 0. The smallest absolute Gasteiger partial charge is 0.352 e. The largest absolute Gasteiger partial charge is 0.497 e. The summed E-state index contributed by atoms with van der Waals surface area (Å²) in [7, 11) is 1.50. The van der Waals surface area contributed by atoms with E-state index in [-0.39, 0.29) is 13.1 Å². The molecule has 4 rings (SSSR count). The van der Waals surface area contributed by atoms with Gasteiger partial charge in [-0.2, -0.15) is 9.78 Å². The second-order valence-electron chi connectivity index (χ2n) is 7.27. The maximum atomic E-state index is 13.7. The lowest BCUT2D eigenvalue weighted by Crippen LogP contribution is -2.46. The zero-order valence-electron chi connectivity index (χ0n) is 18.1. The second kappa shape index (κ2) is 9.90. The van der Waals surface area contributed by atoms with Crippen molar-refractivity contribution in [2.24, 2.45) is 0 Å². The van der Waals surface area contributed by atoms with Crippen LogP contribution >= 0.6 is 0 Å². The molecule has 2 aromatic carbocycles. The summed E-state index contributed by atoms with van der Waals surface area (Å²) in [6.45, 7) is -0.180. The third kappa shape index (κ3) is 4.90. The van der Waals surface area contributed by atoms with Gasteiger partial charge in [-0.1, -0.05) is 18.2 Å². The molecule has 1 N–H and O–H groups in total. The number of nitrogens with zero attached hydrogens (tertiary/aromatic N) is 4. The van der Waals surface area contributed by atoms with Crippen LogP contribution in [-0.4, -0.2) is 32.3 Å². The fourth-order valence-corrected chi connectivity index (χ4v) is 3.26. The van der Waals surface area contributed by atoms with Crippen LogP contribution < -0.4 is 21.3 Å². The number of halogens is 1. The van der Waals surface area contributed by atoms with E-state index in [1.54, 1.807) is 54.7 Å². The quantitative estimate of drug-likeness (QED) is 0.451. The maximum absolute atomic E-state index is 13.7. The van der Waals surface area contributed by atoms with Gasteiger partial charge in [0.2, 0.25) is 5.69 Å². The van der Waals surface area contributed by atoms with Gasteiger partial charge in [-0.05, 0) is 54.1 Å². The molecule has 0 saturated carbocycles. The van der Waals surface area contributed by atoms with Gasteiger partial charge in [0.15, 0.2) is 0 Å². The Labute approximate surface area is 193 Å². The van der Waals surface area contributed by atoms with Crippen LogP contribution in [-0.2, 0) is 13.1 Å². The number of nitrogens with one attached hydrogen (secondary N) is 1. The first-order valence-corrected chi connectivity index (χ1v) is 10.3. The summed E-state index contributed by atoms with van der Waals surface area (Å²) in [5.74, 6) is -0.729. The first-order valence-electron chi connectivity index (χ1n) is 10.3. The third-order valence-electron chi connectivity index (χ3n) is 4.98. The first kappa shape index (κ1) is 22.6. The molecule has 0 radical (unpaired) electrons. The molecule has 0 atom stereocenters. The van der Waals surface area contributed by atoms with E-state index < -0.39 is 28.7 Å². The van der Waals surface area contributed by atoms with Gasteiger partial charge < -0.3 is 10.1 Å². The highest BCUT2D eigenvalue weighted by Gasteiger charge is 2.20. The normalized spacial score (nSPS) is 10.6. The van der Waals surface area contributed by atoms with Crippen LogP contribution in [0.2, 0.25) is 0 Å². The molecule has 0 saturated heterocycles. The zero-order valence-corrected chi connectivity index (χ0v) is 18.1. The number of methoxy groups -OCH3 is 1. The summed E-state index contributed by atoms with van der Waals surface area (Å²) in [6, 6.07) is 17.1. The van der Waals surface area contributed by atoms with Gasteiger partial charge in [-0.15, -0.1) is 0 Å². The molecule has 4 aromatic rings. The molecular weight excluding hydrogens is 441 g/mol. The van der Waals surface area contributed by atoms with Gasteiger partial charge in [0.1, 0.15) is 11.6 Å². The highest BCUT2D eigenvalue weighted by molar-refractivity contribution is 5.91. The van der Waals surface area contributed by atoms with Crippen LogP contribution in [0.1, 0.15) is 21.7 Å². The van der Waals surface area contributed by atoms with Gasteiger partial charge >= 0.3 is 5.69 Å². The fourth-order valence-electron chi connectivity index (χ4n) is 3.26. The molecule has 0 aliphatic carbocycles. The van der Waals surface area contributed by atoms with E-state index in [2.05, 4.69) is 15.4 Å². The predicted octanol–water partition coefficient (Wildman–Crippen LogP) is 1.92. The standard InChI is InChI=1S/C24H20FN5O4/c1-34-20-10-8-19(9-11-20)30-24(33)29(15-16-5-4-6-17(25)13-16)23(32)21(28-30)22(31)27-14-18-7-2-3-12-26-18/h2-13H,14-15H2,1H3,(H,27,31). The van der Waals surface area contributed by atoms with Gasteiger partial charge in [-0.25, -0.2) is 9.18 Å². The fraction of sp³-hybridized carbons (Fsp3) is 0.125. The highest BCUT2D eigenvalue weighted by Crippen LogP contribution is 2.13. The number of hydrogen-bond acceptors (Lipinski definition) is 6. The molecule has 172 valence electrons. The predicted molar refractivity (Wildman–Crippen MR) is 122 cm³/mol. The van der Waals surface area contributed by atoms with Crippen molar-refractivity contribution in [3.8, 4) is 11.4 Å². The SMILES string of the molecule is COc1ccc(-n2nc(C(=O)NCc3ccccn3)c(=O)n(Cc3cccc(F)c3)c2=O)cc1. The van der Waals surface area contributed by atoms with Crippen LogP contribution in [0.15, 0.2) is 82.5 Å². The Kier molecular flexibility index (Phi) is 6.58. The van der Waals surface area contributed by atoms with Crippen molar-refractivity contribution < 1.29 is 13.9 Å². The van der Waals surface area contributed by atoms with Crippen molar-refractivity contribution in [2.75, 3.05) is 7.11 Å². The molecule has 1 amide bonds. The molecule has 0 aliphatic rings. The Morgan fingerprint density at radius 1 is 1.06 bits per heavy atom. The molecule has 0 unspecified atom stereocenters. The van der Waals surface area contributed by atoms with E-state index in [1.165, 1.54) is 25.3 Å². The number of hydrogen-bond donors (Lipinski definition) is 1. The van der Waals surface area contributed by atoms with E-state index in [0.29, 0.717) is 22.7 Å². The van der Waals surface area contributed by atoms with E-state index in [1.807, 2.05) is 0 Å². The topological polar surface area (TPSA) is 108 Å². The molecule has 10 heteroatoms. The lowest BCUT2D eigenvalue weighted by atomic mass is 10.2. The molecule has 2 aromatic heterocycles. The number of benzene rings is 2. The van der Waals surface area contributed by atoms with Gasteiger partial charge in [0.05, 0.1) is 31.6 Å². The van der Waals surface area contributed by atoms with Crippen molar-refractivity contribution in [1.82, 2.24) is 24.6 Å². The minimum Gasteiger partial charge on any atom is -0.497 e. The lowest BCUT2D eigenvalue weighted by molar-refractivity contribution is 0.0940. The molecule has 2 heterocycles. The van der Waals surface area contributed by atoms with Crippen LogP contribution in [0.5, 0.6) is 5.75 Å². The van der Waals surface area contributed by atoms with E-state index in [0.717, 1.165) is 9.25 Å². The highest BCUT2D eigenvalue weighted by atomic mass is 19.1. The summed E-state index contributed by atoms with van der Waals surface area (Å²) in [5.41, 5.74) is -0.871. The van der Waals surface area contributed by atoms with Crippen LogP contribution in [0.3, 0.4) is 0 Å². The minimum atomic E-state index is -0.891. The van der Waals surface area contributed by atoms with Crippen molar-refractivity contribution in [3.05, 3.63) is 117 Å². The Bertz CT molecular complexity index is 1430. The Morgan fingerprint density at radius 3 is 2.53 bits per heavy atom. The molecule has 0 aliphatic heterocycles. The maximum Gasteiger partial charge on any atom is 0.352 e. The monoisotopic (exact) mass is 461 g/mol. The molecule has 0 spiro atoms. The molecular formula is C24H20FN5O4. The van der Waals surface area contributed by atoms with Crippen LogP contribution in [0.4, 0.5) is 4.39 Å². The van der Waals surface area contributed by atoms with Gasteiger partial charge in [0.25, 0.3) is 11.5 Å². The number of rotatable bonds is 7. The minimum absolute atomic E-state index is 0.0619. The van der Waals surface area contributed by atoms with Crippen molar-refractivity contribution in [2.45, 2.75) is 13.1 Å². The summed E-state index contributed by atoms with van der Waals surface area (Å²) in [6.07, 6.45) is 1.58. The van der Waals surface area contributed by atoms with Crippen LogP contribution in [0.25, 0.3) is 5.69 Å². The van der Waals surface area contributed by atoms with Crippen LogP contribution in [0, 0.1) is 5.82 Å². The average molecular weight is 461 g/mol. The Hall–Kier alpha value is -4.60. The number of carbonyl (C=O) groups is 1. The number of pyridine rings is 1. The third-order valence-corrected chi connectivity index (χ3v) is 4.98. The summed E-state index contributed by atoms with van der Waals surface area (Å²) in [4.78, 5) is 43.3. The zero-order chi connectivity index (χ0) is 24.1.